The van der Waals surface area contributed by atoms with E-state index in [1.807, 2.05) is 6.92 Å². The molecule has 1 aliphatic heterocycles. The maximum absolute atomic E-state index is 14.7. The molecule has 0 bridgehead atoms. The third-order valence-electron chi connectivity index (χ3n) is 5.16. The predicted molar refractivity (Wildman–Crippen MR) is 99.3 cm³/mol. The number of benzene rings is 2. The molecule has 146 valence electrons. The Morgan fingerprint density at radius 3 is 2.44 bits per heavy atom. The van der Waals surface area contributed by atoms with E-state index in [-0.39, 0.29) is 23.1 Å². The molecule has 2 aromatic carbocycles. The van der Waals surface area contributed by atoms with Gasteiger partial charge in [0.05, 0.1) is 19.3 Å². The zero-order chi connectivity index (χ0) is 19.4. The highest BCUT2D eigenvalue weighted by Crippen LogP contribution is 2.33. The Balaban J connectivity index is 1.81. The number of hydrogen-bond acceptors (Lipinski definition) is 2. The summed E-state index contributed by atoms with van der Waals surface area (Å²) in [5.41, 5.74) is 1.17. The van der Waals surface area contributed by atoms with Crippen LogP contribution in [0.5, 0.6) is 0 Å². The minimum absolute atomic E-state index is 0.0449. The third kappa shape index (κ3) is 4.36. The largest absolute Gasteiger partial charge is 0.382 e. The molecule has 0 N–H and O–H groups in total. The fourth-order valence-electron chi connectivity index (χ4n) is 3.65. The van der Waals surface area contributed by atoms with Crippen molar-refractivity contribution < 1.29 is 22.6 Å². The Morgan fingerprint density at radius 1 is 1.04 bits per heavy atom. The molecule has 2 aromatic rings. The summed E-state index contributed by atoms with van der Waals surface area (Å²) >= 11 is 0. The highest BCUT2D eigenvalue weighted by molar-refractivity contribution is 5.66. The van der Waals surface area contributed by atoms with Crippen LogP contribution in [0.2, 0.25) is 0 Å². The van der Waals surface area contributed by atoms with Crippen molar-refractivity contribution in [2.45, 2.75) is 44.6 Å². The van der Waals surface area contributed by atoms with Crippen LogP contribution in [0, 0.1) is 17.5 Å². The van der Waals surface area contributed by atoms with Crippen LogP contribution in [0.25, 0.3) is 11.1 Å². The molecule has 3 rings (SSSR count). The second kappa shape index (κ2) is 8.89. The van der Waals surface area contributed by atoms with E-state index in [9.17, 15) is 13.2 Å². The van der Waals surface area contributed by atoms with Crippen LogP contribution in [-0.4, -0.2) is 26.4 Å². The van der Waals surface area contributed by atoms with E-state index < -0.39 is 17.5 Å². The molecule has 2 unspecified atom stereocenters. The monoisotopic (exact) mass is 378 g/mol. The molecule has 2 atom stereocenters. The van der Waals surface area contributed by atoms with Crippen molar-refractivity contribution in [3.05, 3.63) is 58.9 Å². The molecule has 0 aromatic heterocycles. The SMILES string of the molecule is CCCc1ccc(-c2ccc(C3CCC(COC)OC3)cc2F)c(F)c1F. The molecular formula is C22H25F3O2. The van der Waals surface area contributed by atoms with Gasteiger partial charge in [0.1, 0.15) is 5.82 Å². The summed E-state index contributed by atoms with van der Waals surface area (Å²) in [4.78, 5) is 0. The lowest BCUT2D eigenvalue weighted by Crippen LogP contribution is -2.28. The van der Waals surface area contributed by atoms with E-state index in [4.69, 9.17) is 9.47 Å². The van der Waals surface area contributed by atoms with Gasteiger partial charge in [-0.25, -0.2) is 13.2 Å². The molecule has 0 radical (unpaired) electrons. The zero-order valence-corrected chi connectivity index (χ0v) is 15.7. The maximum Gasteiger partial charge on any atom is 0.167 e. The lowest BCUT2D eigenvalue weighted by Gasteiger charge is -2.29. The van der Waals surface area contributed by atoms with Crippen molar-refractivity contribution in [1.82, 2.24) is 0 Å². The van der Waals surface area contributed by atoms with Crippen molar-refractivity contribution >= 4 is 0 Å². The predicted octanol–water partition coefficient (Wildman–Crippen LogP) is 5.63. The normalized spacial score (nSPS) is 20.0. The van der Waals surface area contributed by atoms with Crippen LogP contribution >= 0.6 is 0 Å². The van der Waals surface area contributed by atoms with Crippen LogP contribution in [0.4, 0.5) is 13.2 Å². The first-order chi connectivity index (χ1) is 13.0. The molecule has 0 saturated carbocycles. The summed E-state index contributed by atoms with van der Waals surface area (Å²) in [6, 6.07) is 7.72. The molecule has 0 amide bonds. The molecule has 1 saturated heterocycles. The Bertz CT molecular complexity index is 783. The number of ether oxygens (including phenoxy) is 2. The smallest absolute Gasteiger partial charge is 0.167 e. The molecule has 2 nitrogen and oxygen atoms in total. The lowest BCUT2D eigenvalue weighted by molar-refractivity contribution is -0.0376. The molecule has 1 heterocycles. The number of hydrogen-bond donors (Lipinski definition) is 0. The number of rotatable bonds is 6. The second-order valence-corrected chi connectivity index (χ2v) is 7.07. The van der Waals surface area contributed by atoms with Crippen LogP contribution < -0.4 is 0 Å². The number of methoxy groups -OCH3 is 1. The van der Waals surface area contributed by atoms with E-state index in [0.29, 0.717) is 31.6 Å². The lowest BCUT2D eigenvalue weighted by atomic mass is 9.90. The molecule has 0 aliphatic carbocycles. The highest BCUT2D eigenvalue weighted by Gasteiger charge is 2.24. The van der Waals surface area contributed by atoms with E-state index in [1.165, 1.54) is 24.3 Å². The van der Waals surface area contributed by atoms with Crippen LogP contribution in [0.3, 0.4) is 0 Å². The summed E-state index contributed by atoms with van der Waals surface area (Å²) in [6.45, 7) is 2.95. The van der Waals surface area contributed by atoms with Gasteiger partial charge in [0, 0.05) is 24.2 Å². The van der Waals surface area contributed by atoms with Crippen molar-refractivity contribution in [3.8, 4) is 11.1 Å². The average molecular weight is 378 g/mol. The van der Waals surface area contributed by atoms with Gasteiger partial charge in [0.15, 0.2) is 11.6 Å². The third-order valence-corrected chi connectivity index (χ3v) is 5.16. The van der Waals surface area contributed by atoms with E-state index in [1.54, 1.807) is 13.2 Å². The molecule has 5 heteroatoms. The standard InChI is InChI=1S/C22H25F3O2/c1-3-4-14-6-10-19(22(25)21(14)24)18-9-7-15(11-20(18)23)16-5-8-17(13-26-2)27-12-16/h6-7,9-11,16-17H,3-5,8,12-13H2,1-2H3. The van der Waals surface area contributed by atoms with Gasteiger partial charge < -0.3 is 9.47 Å². The Kier molecular flexibility index (Phi) is 6.55. The van der Waals surface area contributed by atoms with Gasteiger partial charge in [-0.2, -0.15) is 0 Å². The fraction of sp³-hybridized carbons (Fsp3) is 0.455. The van der Waals surface area contributed by atoms with E-state index in [2.05, 4.69) is 0 Å². The van der Waals surface area contributed by atoms with Gasteiger partial charge in [-0.1, -0.05) is 37.6 Å². The van der Waals surface area contributed by atoms with Gasteiger partial charge in [-0.3, -0.25) is 0 Å². The molecular weight excluding hydrogens is 353 g/mol. The van der Waals surface area contributed by atoms with Crippen molar-refractivity contribution in [1.29, 1.82) is 0 Å². The van der Waals surface area contributed by atoms with Gasteiger partial charge in [-0.15, -0.1) is 0 Å². The molecule has 1 fully saturated rings. The van der Waals surface area contributed by atoms with E-state index >= 15 is 0 Å². The molecule has 1 aliphatic rings. The van der Waals surface area contributed by atoms with Crippen LogP contribution in [0.1, 0.15) is 43.2 Å². The van der Waals surface area contributed by atoms with Crippen LogP contribution in [0.15, 0.2) is 30.3 Å². The number of aryl methyl sites for hydroxylation is 1. The summed E-state index contributed by atoms with van der Waals surface area (Å²) < 4.78 is 54.2. The quantitative estimate of drug-likeness (QED) is 0.648. The minimum atomic E-state index is -0.990. The summed E-state index contributed by atoms with van der Waals surface area (Å²) in [6.07, 6.45) is 2.97. The Hall–Kier alpha value is -1.85. The Labute approximate surface area is 158 Å². The van der Waals surface area contributed by atoms with Crippen molar-refractivity contribution in [3.63, 3.8) is 0 Å². The topological polar surface area (TPSA) is 18.5 Å². The van der Waals surface area contributed by atoms with Gasteiger partial charge >= 0.3 is 0 Å². The maximum atomic E-state index is 14.7. The Morgan fingerprint density at radius 2 is 1.81 bits per heavy atom. The first kappa shape index (κ1) is 19.9. The van der Waals surface area contributed by atoms with Gasteiger partial charge in [0.25, 0.3) is 0 Å². The summed E-state index contributed by atoms with van der Waals surface area (Å²) in [5, 5.41) is 0. The number of halogens is 3. The highest BCUT2D eigenvalue weighted by atomic mass is 19.2. The van der Waals surface area contributed by atoms with Crippen LogP contribution in [-0.2, 0) is 15.9 Å². The summed E-state index contributed by atoms with van der Waals surface area (Å²) in [7, 11) is 1.64. The second-order valence-electron chi connectivity index (χ2n) is 7.07. The fourth-order valence-corrected chi connectivity index (χ4v) is 3.65. The van der Waals surface area contributed by atoms with Crippen molar-refractivity contribution in [2.24, 2.45) is 0 Å². The van der Waals surface area contributed by atoms with Gasteiger partial charge in [-0.05, 0) is 36.5 Å². The van der Waals surface area contributed by atoms with E-state index in [0.717, 1.165) is 18.4 Å². The first-order valence-electron chi connectivity index (χ1n) is 9.42. The minimum Gasteiger partial charge on any atom is -0.382 e. The van der Waals surface area contributed by atoms with Crippen molar-refractivity contribution in [2.75, 3.05) is 20.3 Å². The molecule has 0 spiro atoms. The molecule has 27 heavy (non-hydrogen) atoms. The summed E-state index contributed by atoms with van der Waals surface area (Å²) in [5.74, 6) is -2.33. The van der Waals surface area contributed by atoms with Gasteiger partial charge in [0.2, 0.25) is 0 Å². The average Bonchev–Trinajstić information content (AvgIpc) is 2.67. The zero-order valence-electron chi connectivity index (χ0n) is 15.7. The first-order valence-corrected chi connectivity index (χ1v) is 9.42.